The van der Waals surface area contributed by atoms with Crippen LogP contribution in [0.4, 0.5) is 0 Å². The molecule has 0 unspecified atom stereocenters. The average molecular weight is 585 g/mol. The molecule has 0 aliphatic carbocycles. The van der Waals surface area contributed by atoms with Gasteiger partial charge in [0, 0.05) is 0 Å². The molecule has 2 rings (SSSR count). The van der Waals surface area contributed by atoms with Gasteiger partial charge in [0.15, 0.2) is 0 Å². The van der Waals surface area contributed by atoms with Crippen molar-refractivity contribution < 1.29 is 85.1 Å². The minimum absolute atomic E-state index is 0. The van der Waals surface area contributed by atoms with Crippen LogP contribution in [0.1, 0.15) is 103 Å². The molecule has 10 heteroatoms. The van der Waals surface area contributed by atoms with Gasteiger partial charge in [0.25, 0.3) is 0 Å². The van der Waals surface area contributed by atoms with E-state index in [4.69, 9.17) is 0 Å². The minimum atomic E-state index is -4.76. The fourth-order valence-corrected chi connectivity index (χ4v) is 6.02. The average Bonchev–Trinajstić information content (AvgIpc) is 2.76. The van der Waals surface area contributed by atoms with Gasteiger partial charge in [-0.2, -0.15) is 0 Å². The molecule has 2 aromatic carbocycles. The van der Waals surface area contributed by atoms with Gasteiger partial charge in [0.05, 0.1) is 9.79 Å². The summed E-state index contributed by atoms with van der Waals surface area (Å²) in [6, 6.07) is 5.59. The van der Waals surface area contributed by atoms with Crippen molar-refractivity contribution in [3.63, 3.8) is 0 Å². The molecule has 0 spiro atoms. The summed E-state index contributed by atoms with van der Waals surface area (Å²) in [4.78, 5) is -0.714. The molecule has 0 amide bonds. The van der Waals surface area contributed by atoms with Gasteiger partial charge in [0.1, 0.15) is 20.2 Å². The molecule has 0 saturated carbocycles. The molecule has 0 aliphatic rings. The molecular weight excluding hydrogens is 542 g/mol. The number of aryl methyl sites for hydroxylation is 2. The van der Waals surface area contributed by atoms with E-state index in [0.717, 1.165) is 57.8 Å². The largest absolute Gasteiger partial charge is 1.00 e. The second-order valence-corrected chi connectivity index (χ2v) is 13.6. The fraction of sp³-hybridized carbons (Fsp3) is 0.643. The van der Waals surface area contributed by atoms with Crippen molar-refractivity contribution in [1.82, 2.24) is 0 Å². The number of benzene rings is 2. The Labute approximate surface area is 275 Å². The van der Waals surface area contributed by atoms with Crippen LogP contribution in [-0.2, 0) is 33.1 Å². The summed E-state index contributed by atoms with van der Waals surface area (Å²) < 4.78 is 71.5. The van der Waals surface area contributed by atoms with Crippen molar-refractivity contribution in [3.8, 4) is 0 Å². The Morgan fingerprint density at radius 1 is 0.605 bits per heavy atom. The summed E-state index contributed by atoms with van der Waals surface area (Å²) in [6.07, 6.45) is 11.3. The van der Waals surface area contributed by atoms with E-state index in [0.29, 0.717) is 46.6 Å². The van der Waals surface area contributed by atoms with E-state index in [9.17, 15) is 25.9 Å². The van der Waals surface area contributed by atoms with Crippen LogP contribution in [0.3, 0.4) is 0 Å². The van der Waals surface area contributed by atoms with E-state index in [2.05, 4.69) is 27.7 Å². The van der Waals surface area contributed by atoms with Gasteiger partial charge < -0.3 is 9.11 Å². The molecule has 0 heterocycles. The van der Waals surface area contributed by atoms with Crippen molar-refractivity contribution in [2.75, 3.05) is 0 Å². The van der Waals surface area contributed by atoms with Gasteiger partial charge in [-0.25, -0.2) is 16.8 Å². The van der Waals surface area contributed by atoms with Gasteiger partial charge >= 0.3 is 59.1 Å². The minimum Gasteiger partial charge on any atom is -0.744 e. The maximum atomic E-state index is 12.1. The summed E-state index contributed by atoms with van der Waals surface area (Å²) in [5, 5.41) is 1.02. The zero-order valence-electron chi connectivity index (χ0n) is 24.2. The van der Waals surface area contributed by atoms with Gasteiger partial charge in [0.2, 0.25) is 0 Å². The summed E-state index contributed by atoms with van der Waals surface area (Å²) >= 11 is 0. The van der Waals surface area contributed by atoms with Crippen molar-refractivity contribution in [1.29, 1.82) is 0 Å². The van der Waals surface area contributed by atoms with E-state index < -0.39 is 25.1 Å². The summed E-state index contributed by atoms with van der Waals surface area (Å²) in [7, 11) is -9.49. The first-order valence-corrected chi connectivity index (χ1v) is 16.1. The van der Waals surface area contributed by atoms with Crippen molar-refractivity contribution in [2.45, 2.75) is 115 Å². The maximum absolute atomic E-state index is 12.1. The fourth-order valence-electron chi connectivity index (χ4n) is 4.70. The molecule has 0 aromatic heterocycles. The van der Waals surface area contributed by atoms with Crippen LogP contribution in [0.2, 0.25) is 0 Å². The van der Waals surface area contributed by atoms with Crippen LogP contribution in [0, 0.1) is 11.8 Å². The van der Waals surface area contributed by atoms with E-state index in [1.54, 1.807) is 6.07 Å². The normalized spacial score (nSPS) is 12.1. The first-order chi connectivity index (χ1) is 16.8. The smallest absolute Gasteiger partial charge is 0.744 e. The molecule has 0 aliphatic heterocycles. The molecule has 0 saturated heterocycles. The molecule has 0 radical (unpaired) electrons. The van der Waals surface area contributed by atoms with E-state index in [1.807, 2.05) is 0 Å². The van der Waals surface area contributed by atoms with E-state index >= 15 is 0 Å². The molecule has 38 heavy (non-hydrogen) atoms. The summed E-state index contributed by atoms with van der Waals surface area (Å²) in [5.74, 6) is 1.31. The van der Waals surface area contributed by atoms with Crippen LogP contribution in [0.5, 0.6) is 0 Å². The standard InChI is InChI=1S/C28H44O6S2.2Na/c1-21(2)13-9-5-7-11-15-23-17-26(35(29,30)31)18-25-20-28(36(32,33)34)24(19-27(23)25)16-12-8-6-10-14-22(3)4;;/h17-22H,5-16H2,1-4H3,(H,29,30,31)(H,32,33,34);;/q;2*+1/p-2. The zero-order chi connectivity index (χ0) is 26.9. The van der Waals surface area contributed by atoms with Gasteiger partial charge in [-0.1, -0.05) is 79.1 Å². The number of fused-ring (bicyclic) bond motifs is 1. The Bertz CT molecular complexity index is 1210. The van der Waals surface area contributed by atoms with Crippen LogP contribution >= 0.6 is 0 Å². The van der Waals surface area contributed by atoms with Crippen LogP contribution in [-0.4, -0.2) is 25.9 Å². The predicted octanol–water partition coefficient (Wildman–Crippen LogP) is 0.954. The molecule has 204 valence electrons. The van der Waals surface area contributed by atoms with E-state index in [1.165, 1.54) is 24.6 Å². The van der Waals surface area contributed by atoms with Gasteiger partial charge in [-0.15, -0.1) is 0 Å². The first-order valence-electron chi connectivity index (χ1n) is 13.3. The van der Waals surface area contributed by atoms with Crippen molar-refractivity contribution in [2.24, 2.45) is 11.8 Å². The third-order valence-corrected chi connectivity index (χ3v) is 8.44. The maximum Gasteiger partial charge on any atom is 1.00 e. The first kappa shape index (κ1) is 38.5. The number of rotatable bonds is 16. The van der Waals surface area contributed by atoms with Crippen LogP contribution < -0.4 is 59.1 Å². The van der Waals surface area contributed by atoms with E-state index in [-0.39, 0.29) is 64.0 Å². The molecule has 0 atom stereocenters. The van der Waals surface area contributed by atoms with Gasteiger partial charge in [-0.3, -0.25) is 0 Å². The molecule has 0 N–H and O–H groups in total. The zero-order valence-corrected chi connectivity index (χ0v) is 29.8. The van der Waals surface area contributed by atoms with Crippen molar-refractivity contribution >= 4 is 31.0 Å². The van der Waals surface area contributed by atoms with Crippen LogP contribution in [0.25, 0.3) is 10.8 Å². The predicted molar refractivity (Wildman–Crippen MR) is 143 cm³/mol. The Kier molecular flexibility index (Phi) is 18.4. The Morgan fingerprint density at radius 3 is 1.53 bits per heavy atom. The monoisotopic (exact) mass is 584 g/mol. The second kappa shape index (κ2) is 18.1. The number of unbranched alkanes of at least 4 members (excludes halogenated alkanes) is 6. The third kappa shape index (κ3) is 13.5. The quantitative estimate of drug-likeness (QED) is 0.165. The number of hydrogen-bond acceptors (Lipinski definition) is 6. The van der Waals surface area contributed by atoms with Gasteiger partial charge in [-0.05, 0) is 83.7 Å². The van der Waals surface area contributed by atoms with Crippen molar-refractivity contribution in [3.05, 3.63) is 35.4 Å². The summed E-state index contributed by atoms with van der Waals surface area (Å²) in [6.45, 7) is 8.77. The molecule has 2 aromatic rings. The SMILES string of the molecule is CC(C)CCCCCCc1cc2c(CCCCCCC(C)C)cc(S(=O)(=O)[O-])cc2cc1S(=O)(=O)[O-].[Na+].[Na+]. The Balaban J connectivity index is 0.00000684. The molecular formula is C28H42Na2O6S2. The molecule has 0 fully saturated rings. The van der Waals surface area contributed by atoms with Crippen LogP contribution in [0.15, 0.2) is 34.1 Å². The third-order valence-electron chi connectivity index (χ3n) is 6.71. The topological polar surface area (TPSA) is 114 Å². The number of hydrogen-bond donors (Lipinski definition) is 0. The molecule has 6 nitrogen and oxygen atoms in total. The summed E-state index contributed by atoms with van der Waals surface area (Å²) in [5.41, 5.74) is 1.18. The molecule has 0 bridgehead atoms. The second-order valence-electron chi connectivity index (χ2n) is 10.9. The Morgan fingerprint density at radius 2 is 1.08 bits per heavy atom. The Hall–Kier alpha value is 0.520.